The summed E-state index contributed by atoms with van der Waals surface area (Å²) in [5.74, 6) is 1.57. The topological polar surface area (TPSA) is 56.7 Å². The van der Waals surface area contributed by atoms with Gasteiger partial charge in [0.2, 0.25) is 0 Å². The normalized spacial score (nSPS) is 20.4. The Morgan fingerprint density at radius 1 is 1.47 bits per heavy atom. The summed E-state index contributed by atoms with van der Waals surface area (Å²) in [6.45, 7) is 3.00. The Kier molecular flexibility index (Phi) is 3.36. The van der Waals surface area contributed by atoms with E-state index >= 15 is 0 Å². The van der Waals surface area contributed by atoms with E-state index in [-0.39, 0.29) is 6.04 Å². The summed E-state index contributed by atoms with van der Waals surface area (Å²) >= 11 is 0. The zero-order valence-corrected chi connectivity index (χ0v) is 9.39. The number of nitrogens with zero attached hydrogens (tertiary/aromatic N) is 3. The van der Waals surface area contributed by atoms with Crippen LogP contribution in [0.5, 0.6) is 0 Å². The zero-order valence-electron chi connectivity index (χ0n) is 9.39. The van der Waals surface area contributed by atoms with Gasteiger partial charge < -0.3 is 10.3 Å². The Morgan fingerprint density at radius 2 is 2.20 bits per heavy atom. The second kappa shape index (κ2) is 4.75. The van der Waals surface area contributed by atoms with Crippen LogP contribution in [-0.4, -0.2) is 14.8 Å². The van der Waals surface area contributed by atoms with Crippen molar-refractivity contribution in [3.05, 3.63) is 12.2 Å². The summed E-state index contributed by atoms with van der Waals surface area (Å²) in [6, 6.07) is 0.0766. The molecule has 0 bridgehead atoms. The maximum atomic E-state index is 6.27. The minimum atomic E-state index is 0.0766. The summed E-state index contributed by atoms with van der Waals surface area (Å²) in [5.41, 5.74) is 6.27. The molecule has 2 rings (SSSR count). The van der Waals surface area contributed by atoms with Crippen molar-refractivity contribution in [2.75, 3.05) is 0 Å². The first-order chi connectivity index (χ1) is 7.33. The number of nitrogens with two attached hydrogens (primary N) is 1. The molecule has 1 heterocycles. The van der Waals surface area contributed by atoms with Crippen LogP contribution < -0.4 is 5.73 Å². The Balaban J connectivity index is 2.08. The fraction of sp³-hybridized carbons (Fsp3) is 0.818. The number of hydrogen-bond acceptors (Lipinski definition) is 3. The van der Waals surface area contributed by atoms with Crippen molar-refractivity contribution in [2.45, 2.75) is 51.6 Å². The average molecular weight is 208 g/mol. The van der Waals surface area contributed by atoms with Crippen molar-refractivity contribution in [3.63, 3.8) is 0 Å². The second-order valence-electron chi connectivity index (χ2n) is 4.40. The molecule has 1 aliphatic rings. The number of rotatable bonds is 3. The lowest BCUT2D eigenvalue weighted by Crippen LogP contribution is -2.26. The van der Waals surface area contributed by atoms with Crippen LogP contribution in [0.15, 0.2) is 6.33 Å². The number of aryl methyl sites for hydroxylation is 1. The molecule has 4 heteroatoms. The molecule has 1 aromatic heterocycles. The molecule has 1 unspecified atom stereocenters. The van der Waals surface area contributed by atoms with Crippen LogP contribution in [0.4, 0.5) is 0 Å². The lowest BCUT2D eigenvalue weighted by atomic mass is 9.84. The molecule has 1 aliphatic carbocycles. The van der Waals surface area contributed by atoms with E-state index in [1.807, 2.05) is 0 Å². The molecular formula is C11H20N4. The first kappa shape index (κ1) is 10.6. The molecule has 0 radical (unpaired) electrons. The molecule has 0 saturated heterocycles. The van der Waals surface area contributed by atoms with E-state index in [1.165, 1.54) is 32.1 Å². The summed E-state index contributed by atoms with van der Waals surface area (Å²) in [7, 11) is 0. The van der Waals surface area contributed by atoms with Gasteiger partial charge in [-0.2, -0.15) is 0 Å². The van der Waals surface area contributed by atoms with Gasteiger partial charge in [0.25, 0.3) is 0 Å². The van der Waals surface area contributed by atoms with Gasteiger partial charge in [-0.15, -0.1) is 10.2 Å². The van der Waals surface area contributed by atoms with Gasteiger partial charge in [0, 0.05) is 6.54 Å². The highest BCUT2D eigenvalue weighted by Gasteiger charge is 2.25. The van der Waals surface area contributed by atoms with Crippen LogP contribution in [0.3, 0.4) is 0 Å². The molecule has 0 amide bonds. The largest absolute Gasteiger partial charge is 0.321 e. The summed E-state index contributed by atoms with van der Waals surface area (Å²) in [4.78, 5) is 0. The van der Waals surface area contributed by atoms with Crippen LogP contribution in [0.1, 0.15) is 50.9 Å². The molecular weight excluding hydrogens is 188 g/mol. The van der Waals surface area contributed by atoms with Crippen LogP contribution >= 0.6 is 0 Å². The predicted molar refractivity (Wildman–Crippen MR) is 59.2 cm³/mol. The quantitative estimate of drug-likeness (QED) is 0.825. The Hall–Kier alpha value is -0.900. The van der Waals surface area contributed by atoms with Gasteiger partial charge in [-0.05, 0) is 25.7 Å². The van der Waals surface area contributed by atoms with E-state index in [0.717, 1.165) is 12.4 Å². The van der Waals surface area contributed by atoms with E-state index < -0.39 is 0 Å². The van der Waals surface area contributed by atoms with Crippen molar-refractivity contribution in [3.8, 4) is 0 Å². The third-order valence-electron chi connectivity index (χ3n) is 3.44. The third kappa shape index (κ3) is 2.20. The van der Waals surface area contributed by atoms with Gasteiger partial charge in [-0.25, -0.2) is 0 Å². The highest BCUT2D eigenvalue weighted by molar-refractivity contribution is 4.97. The number of aromatic nitrogens is 3. The Morgan fingerprint density at radius 3 is 2.87 bits per heavy atom. The van der Waals surface area contributed by atoms with Crippen LogP contribution in [0, 0.1) is 5.92 Å². The molecule has 1 aromatic rings. The molecule has 0 aliphatic heterocycles. The zero-order chi connectivity index (χ0) is 10.7. The van der Waals surface area contributed by atoms with E-state index in [0.29, 0.717) is 5.92 Å². The van der Waals surface area contributed by atoms with Crippen LogP contribution in [-0.2, 0) is 6.54 Å². The monoisotopic (exact) mass is 208 g/mol. The average Bonchev–Trinajstić information content (AvgIpc) is 2.77. The van der Waals surface area contributed by atoms with Gasteiger partial charge >= 0.3 is 0 Å². The Labute approximate surface area is 90.9 Å². The predicted octanol–water partition coefficient (Wildman–Crippen LogP) is 1.88. The maximum absolute atomic E-state index is 6.27. The van der Waals surface area contributed by atoms with E-state index in [1.54, 1.807) is 6.33 Å². The van der Waals surface area contributed by atoms with Crippen molar-refractivity contribution in [1.82, 2.24) is 14.8 Å². The van der Waals surface area contributed by atoms with Crippen LogP contribution in [0.2, 0.25) is 0 Å². The highest BCUT2D eigenvalue weighted by atomic mass is 15.3. The molecule has 2 N–H and O–H groups in total. The van der Waals surface area contributed by atoms with Gasteiger partial charge in [-0.1, -0.05) is 19.3 Å². The van der Waals surface area contributed by atoms with Gasteiger partial charge in [-0.3, -0.25) is 0 Å². The Bertz CT molecular complexity index is 301. The third-order valence-corrected chi connectivity index (χ3v) is 3.44. The minimum absolute atomic E-state index is 0.0766. The SMILES string of the molecule is CCn1cnnc1C(N)C1CCCCC1. The second-order valence-corrected chi connectivity index (χ2v) is 4.40. The lowest BCUT2D eigenvalue weighted by molar-refractivity contribution is 0.296. The van der Waals surface area contributed by atoms with Gasteiger partial charge in [0.15, 0.2) is 0 Å². The van der Waals surface area contributed by atoms with E-state index in [2.05, 4.69) is 21.7 Å². The fourth-order valence-corrected chi connectivity index (χ4v) is 2.47. The van der Waals surface area contributed by atoms with Crippen molar-refractivity contribution >= 4 is 0 Å². The van der Waals surface area contributed by atoms with Gasteiger partial charge in [0.05, 0.1) is 6.04 Å². The van der Waals surface area contributed by atoms with Crippen molar-refractivity contribution in [1.29, 1.82) is 0 Å². The van der Waals surface area contributed by atoms with E-state index in [4.69, 9.17) is 5.73 Å². The van der Waals surface area contributed by atoms with Crippen molar-refractivity contribution < 1.29 is 0 Å². The summed E-state index contributed by atoms with van der Waals surface area (Å²) in [6.07, 6.45) is 8.27. The summed E-state index contributed by atoms with van der Waals surface area (Å²) < 4.78 is 2.05. The molecule has 0 spiro atoms. The maximum Gasteiger partial charge on any atom is 0.150 e. The minimum Gasteiger partial charge on any atom is -0.321 e. The molecule has 1 saturated carbocycles. The smallest absolute Gasteiger partial charge is 0.150 e. The van der Waals surface area contributed by atoms with Gasteiger partial charge in [0.1, 0.15) is 12.2 Å². The molecule has 4 nitrogen and oxygen atoms in total. The van der Waals surface area contributed by atoms with Crippen molar-refractivity contribution in [2.24, 2.45) is 11.7 Å². The molecule has 15 heavy (non-hydrogen) atoms. The molecule has 1 atom stereocenters. The first-order valence-corrected chi connectivity index (χ1v) is 5.96. The standard InChI is InChI=1S/C11H20N4/c1-2-15-8-13-14-11(15)10(12)9-6-4-3-5-7-9/h8-10H,2-7,12H2,1H3. The highest BCUT2D eigenvalue weighted by Crippen LogP contribution is 2.31. The number of hydrogen-bond donors (Lipinski definition) is 1. The molecule has 1 fully saturated rings. The molecule has 0 aromatic carbocycles. The lowest BCUT2D eigenvalue weighted by Gasteiger charge is -2.26. The first-order valence-electron chi connectivity index (χ1n) is 5.96. The van der Waals surface area contributed by atoms with Crippen LogP contribution in [0.25, 0.3) is 0 Å². The fourth-order valence-electron chi connectivity index (χ4n) is 2.47. The molecule has 84 valence electrons. The summed E-state index contributed by atoms with van der Waals surface area (Å²) in [5, 5.41) is 8.09. The van der Waals surface area contributed by atoms with E-state index in [9.17, 15) is 0 Å².